The second-order valence-electron chi connectivity index (χ2n) is 6.11. The highest BCUT2D eigenvalue weighted by molar-refractivity contribution is 9.10. The van der Waals surface area contributed by atoms with Crippen LogP contribution >= 0.6 is 15.9 Å². The van der Waals surface area contributed by atoms with E-state index < -0.39 is 0 Å². The molecule has 4 rings (SSSR count). The van der Waals surface area contributed by atoms with Gasteiger partial charge in [0, 0.05) is 21.9 Å². The Labute approximate surface area is 145 Å². The van der Waals surface area contributed by atoms with Gasteiger partial charge in [0.05, 0.1) is 18.4 Å². The van der Waals surface area contributed by atoms with Crippen molar-refractivity contribution >= 4 is 26.8 Å². The van der Waals surface area contributed by atoms with Crippen molar-refractivity contribution in [3.05, 3.63) is 69.8 Å². The molecule has 0 spiro atoms. The first kappa shape index (κ1) is 15.0. The Balaban J connectivity index is 1.94. The lowest BCUT2D eigenvalue weighted by Crippen LogP contribution is -2.19. The third kappa shape index (κ3) is 2.62. The molecule has 2 nitrogen and oxygen atoms in total. The van der Waals surface area contributed by atoms with Crippen molar-refractivity contribution in [2.24, 2.45) is 0 Å². The van der Waals surface area contributed by atoms with E-state index in [0.717, 1.165) is 30.5 Å². The Morgan fingerprint density at radius 2 is 2.00 bits per heavy atom. The van der Waals surface area contributed by atoms with E-state index in [1.54, 1.807) is 0 Å². The fourth-order valence-electron chi connectivity index (χ4n) is 3.68. The lowest BCUT2D eigenvalue weighted by atomic mass is 10.0. The summed E-state index contributed by atoms with van der Waals surface area (Å²) in [6.45, 7) is 3.93. The summed E-state index contributed by atoms with van der Waals surface area (Å²) in [5, 5.41) is 1.37. The van der Waals surface area contributed by atoms with E-state index in [-0.39, 0.29) is 6.10 Å². The normalized spacial score (nSPS) is 17.4. The molecular formula is C20H20BrNO. The average molecular weight is 370 g/mol. The van der Waals surface area contributed by atoms with Gasteiger partial charge in [0.15, 0.2) is 0 Å². The molecule has 0 amide bonds. The van der Waals surface area contributed by atoms with Crippen LogP contribution in [-0.2, 0) is 17.7 Å². The third-order valence-electron chi connectivity index (χ3n) is 4.70. The van der Waals surface area contributed by atoms with Crippen LogP contribution in [0.2, 0.25) is 0 Å². The molecule has 0 bridgehead atoms. The summed E-state index contributed by atoms with van der Waals surface area (Å²) in [6.07, 6.45) is 2.22. The summed E-state index contributed by atoms with van der Waals surface area (Å²) in [5.41, 5.74) is 5.48. The number of halogens is 1. The molecule has 0 radical (unpaired) electrons. The first-order valence-corrected chi connectivity index (χ1v) is 9.03. The number of aromatic nitrogens is 1. The van der Waals surface area contributed by atoms with Crippen LogP contribution in [0.5, 0.6) is 0 Å². The van der Waals surface area contributed by atoms with Crippen LogP contribution in [0.25, 0.3) is 10.9 Å². The summed E-state index contributed by atoms with van der Waals surface area (Å²) in [4.78, 5) is 0. The Bertz CT molecular complexity index is 838. The molecule has 1 aliphatic heterocycles. The number of fused-ring (bicyclic) bond motifs is 3. The molecule has 0 saturated carbocycles. The van der Waals surface area contributed by atoms with Crippen molar-refractivity contribution in [2.75, 3.05) is 6.61 Å². The largest absolute Gasteiger partial charge is 0.372 e. The molecule has 2 heterocycles. The average Bonchev–Trinajstić information content (AvgIpc) is 2.89. The number of benzene rings is 2. The van der Waals surface area contributed by atoms with Gasteiger partial charge in [-0.15, -0.1) is 0 Å². The van der Waals surface area contributed by atoms with Gasteiger partial charge in [0.25, 0.3) is 0 Å². The van der Waals surface area contributed by atoms with Gasteiger partial charge in [-0.1, -0.05) is 53.2 Å². The van der Waals surface area contributed by atoms with E-state index in [4.69, 9.17) is 4.74 Å². The highest BCUT2D eigenvalue weighted by atomic mass is 79.9. The Morgan fingerprint density at radius 3 is 2.78 bits per heavy atom. The summed E-state index contributed by atoms with van der Waals surface area (Å²) < 4.78 is 9.66. The molecule has 0 saturated heterocycles. The molecule has 23 heavy (non-hydrogen) atoms. The minimum absolute atomic E-state index is 0.202. The Morgan fingerprint density at radius 1 is 1.17 bits per heavy atom. The van der Waals surface area contributed by atoms with E-state index in [0.29, 0.717) is 0 Å². The number of ether oxygens (including phenoxy) is 1. The maximum atomic E-state index is 6.06. The van der Waals surface area contributed by atoms with Crippen LogP contribution < -0.4 is 0 Å². The number of hydrogen-bond donors (Lipinski definition) is 0. The maximum absolute atomic E-state index is 6.06. The second-order valence-corrected chi connectivity index (χ2v) is 7.03. The van der Waals surface area contributed by atoms with Gasteiger partial charge in [0.1, 0.15) is 0 Å². The third-order valence-corrected chi connectivity index (χ3v) is 5.20. The fraction of sp³-hybridized carbons (Fsp3) is 0.300. The van der Waals surface area contributed by atoms with Crippen LogP contribution in [0.15, 0.2) is 53.0 Å². The lowest BCUT2D eigenvalue weighted by Gasteiger charge is -2.25. The molecule has 1 aromatic heterocycles. The van der Waals surface area contributed by atoms with E-state index in [1.807, 2.05) is 0 Å². The van der Waals surface area contributed by atoms with E-state index >= 15 is 0 Å². The molecule has 0 N–H and O–H groups in total. The van der Waals surface area contributed by atoms with E-state index in [9.17, 15) is 0 Å². The van der Waals surface area contributed by atoms with Crippen molar-refractivity contribution in [2.45, 2.75) is 32.4 Å². The maximum Gasteiger partial charge on any atom is 0.0975 e. The highest BCUT2D eigenvalue weighted by Gasteiger charge is 2.27. The number of nitrogens with zero attached hydrogens (tertiary/aromatic N) is 1. The first-order valence-electron chi connectivity index (χ1n) is 8.24. The lowest BCUT2D eigenvalue weighted by molar-refractivity contribution is 0.0349. The fourth-order valence-corrected chi connectivity index (χ4v) is 4.04. The van der Waals surface area contributed by atoms with E-state index in [1.165, 1.54) is 27.7 Å². The minimum Gasteiger partial charge on any atom is -0.372 e. The molecular weight excluding hydrogens is 350 g/mol. The summed E-state index contributed by atoms with van der Waals surface area (Å²) in [7, 11) is 0. The van der Waals surface area contributed by atoms with Crippen LogP contribution in [0.3, 0.4) is 0 Å². The van der Waals surface area contributed by atoms with E-state index in [2.05, 4.69) is 76.0 Å². The summed E-state index contributed by atoms with van der Waals surface area (Å²) in [6, 6.07) is 17.3. The van der Waals surface area contributed by atoms with Gasteiger partial charge in [0.2, 0.25) is 0 Å². The van der Waals surface area contributed by atoms with Gasteiger partial charge in [-0.2, -0.15) is 0 Å². The molecule has 118 valence electrons. The smallest absolute Gasteiger partial charge is 0.0975 e. The standard InChI is InChI=1S/C20H20BrNO/c1-2-19-20-16(10-11-23-19)17-12-15(21)8-9-18(17)22(20)13-14-6-4-3-5-7-14/h3-9,12,19H,2,10-11,13H2,1H3. The van der Waals surface area contributed by atoms with Crippen molar-refractivity contribution < 1.29 is 4.74 Å². The van der Waals surface area contributed by atoms with Crippen LogP contribution in [0.1, 0.15) is 36.3 Å². The predicted octanol–water partition coefficient (Wildman–Crippen LogP) is 5.48. The SMILES string of the molecule is CCC1OCCc2c1n(Cc1ccccc1)c1ccc(Br)cc21. The Kier molecular flexibility index (Phi) is 4.00. The monoisotopic (exact) mass is 369 g/mol. The van der Waals surface area contributed by atoms with Gasteiger partial charge >= 0.3 is 0 Å². The van der Waals surface area contributed by atoms with Gasteiger partial charge in [-0.3, -0.25) is 0 Å². The second kappa shape index (κ2) is 6.14. The zero-order valence-electron chi connectivity index (χ0n) is 13.3. The topological polar surface area (TPSA) is 14.2 Å². The summed E-state index contributed by atoms with van der Waals surface area (Å²) in [5.74, 6) is 0. The van der Waals surface area contributed by atoms with Crippen molar-refractivity contribution in [3.63, 3.8) is 0 Å². The van der Waals surface area contributed by atoms with Crippen LogP contribution in [-0.4, -0.2) is 11.2 Å². The Hall–Kier alpha value is -1.58. The van der Waals surface area contributed by atoms with Gasteiger partial charge < -0.3 is 9.30 Å². The summed E-state index contributed by atoms with van der Waals surface area (Å²) >= 11 is 3.63. The molecule has 1 aliphatic rings. The quantitative estimate of drug-likeness (QED) is 0.596. The molecule has 3 aromatic rings. The zero-order valence-corrected chi connectivity index (χ0v) is 14.8. The molecule has 0 aliphatic carbocycles. The zero-order chi connectivity index (χ0) is 15.8. The molecule has 3 heteroatoms. The van der Waals surface area contributed by atoms with Crippen molar-refractivity contribution in [3.8, 4) is 0 Å². The molecule has 0 fully saturated rings. The number of rotatable bonds is 3. The van der Waals surface area contributed by atoms with Crippen molar-refractivity contribution in [1.29, 1.82) is 0 Å². The minimum atomic E-state index is 0.202. The van der Waals surface area contributed by atoms with Crippen LogP contribution in [0.4, 0.5) is 0 Å². The van der Waals surface area contributed by atoms with Gasteiger partial charge in [-0.25, -0.2) is 0 Å². The van der Waals surface area contributed by atoms with Crippen molar-refractivity contribution in [1.82, 2.24) is 4.57 Å². The predicted molar refractivity (Wildman–Crippen MR) is 97.9 cm³/mol. The molecule has 1 unspecified atom stereocenters. The molecule has 2 aromatic carbocycles. The molecule has 1 atom stereocenters. The van der Waals surface area contributed by atoms with Gasteiger partial charge in [-0.05, 0) is 42.2 Å². The van der Waals surface area contributed by atoms with Crippen LogP contribution in [0, 0.1) is 0 Å². The number of hydrogen-bond acceptors (Lipinski definition) is 1. The first-order chi connectivity index (χ1) is 11.3. The highest BCUT2D eigenvalue weighted by Crippen LogP contribution is 2.38.